The van der Waals surface area contributed by atoms with Gasteiger partial charge in [-0.1, -0.05) is 56.3 Å². The lowest BCUT2D eigenvalue weighted by Crippen LogP contribution is -2.07. The number of rotatable bonds is 6. The molecule has 0 saturated heterocycles. The first-order valence-corrected chi connectivity index (χ1v) is 9.45. The van der Waals surface area contributed by atoms with Crippen LogP contribution in [0.25, 0.3) is 21.7 Å². The Kier molecular flexibility index (Phi) is 4.66. The molecule has 132 valence electrons. The van der Waals surface area contributed by atoms with Crippen molar-refractivity contribution in [1.29, 1.82) is 0 Å². The normalized spacial score (nSPS) is 12.5. The molecule has 2 heteroatoms. The van der Waals surface area contributed by atoms with Gasteiger partial charge in [0, 0.05) is 11.7 Å². The van der Waals surface area contributed by atoms with E-state index < -0.39 is 0 Å². The van der Waals surface area contributed by atoms with E-state index in [2.05, 4.69) is 91.3 Å². The van der Waals surface area contributed by atoms with Crippen molar-refractivity contribution in [1.82, 2.24) is 4.57 Å². The summed E-state index contributed by atoms with van der Waals surface area (Å²) < 4.78 is 8.26. The third-order valence-electron chi connectivity index (χ3n) is 5.30. The average molecular weight is 343 g/mol. The molecule has 0 bridgehead atoms. The van der Waals surface area contributed by atoms with Gasteiger partial charge in [0.05, 0.1) is 6.54 Å². The lowest BCUT2D eigenvalue weighted by atomic mass is 9.96. The van der Waals surface area contributed by atoms with Crippen molar-refractivity contribution in [2.24, 2.45) is 0 Å². The van der Waals surface area contributed by atoms with Crippen LogP contribution in [0.2, 0.25) is 0 Å². The number of hydrogen-bond donors (Lipinski definition) is 0. The number of benzene rings is 3. The minimum atomic E-state index is 0.603. The smallest absolute Gasteiger partial charge is 0.120 e. The first kappa shape index (κ1) is 16.7. The maximum atomic E-state index is 6.01. The molecule has 4 rings (SSSR count). The largest absolute Gasteiger partial charge is 0.492 e. The Bertz CT molecular complexity index is 1030. The van der Waals surface area contributed by atoms with Crippen molar-refractivity contribution < 1.29 is 4.74 Å². The molecule has 0 spiro atoms. The Morgan fingerprint density at radius 2 is 1.69 bits per heavy atom. The Labute approximate surface area is 155 Å². The molecule has 4 aromatic rings. The fourth-order valence-corrected chi connectivity index (χ4v) is 3.47. The van der Waals surface area contributed by atoms with Crippen molar-refractivity contribution in [3.63, 3.8) is 0 Å². The van der Waals surface area contributed by atoms with Crippen LogP contribution >= 0.6 is 0 Å². The van der Waals surface area contributed by atoms with Crippen molar-refractivity contribution in [2.75, 3.05) is 6.61 Å². The predicted molar refractivity (Wildman–Crippen MR) is 110 cm³/mol. The summed E-state index contributed by atoms with van der Waals surface area (Å²) in [6.07, 6.45) is 3.30. The van der Waals surface area contributed by atoms with Gasteiger partial charge < -0.3 is 9.30 Å². The average Bonchev–Trinajstić information content (AvgIpc) is 3.10. The molecule has 0 N–H and O–H groups in total. The van der Waals surface area contributed by atoms with Gasteiger partial charge in [-0.3, -0.25) is 0 Å². The van der Waals surface area contributed by atoms with Gasteiger partial charge in [-0.2, -0.15) is 0 Å². The zero-order chi connectivity index (χ0) is 17.9. The summed E-state index contributed by atoms with van der Waals surface area (Å²) in [5.74, 6) is 1.54. The van der Waals surface area contributed by atoms with Gasteiger partial charge in [-0.05, 0) is 58.3 Å². The summed E-state index contributed by atoms with van der Waals surface area (Å²) in [5, 5.41) is 3.79. The summed E-state index contributed by atoms with van der Waals surface area (Å²) in [6.45, 7) is 6.02. The van der Waals surface area contributed by atoms with Crippen LogP contribution < -0.4 is 4.74 Å². The topological polar surface area (TPSA) is 14.2 Å². The first-order chi connectivity index (χ1) is 12.7. The van der Waals surface area contributed by atoms with Crippen LogP contribution in [-0.2, 0) is 6.54 Å². The maximum Gasteiger partial charge on any atom is 0.120 e. The molecule has 1 atom stereocenters. The molecule has 26 heavy (non-hydrogen) atoms. The van der Waals surface area contributed by atoms with Gasteiger partial charge in [0.1, 0.15) is 12.4 Å². The Hall–Kier alpha value is -2.74. The van der Waals surface area contributed by atoms with Crippen LogP contribution in [0.15, 0.2) is 72.9 Å². The summed E-state index contributed by atoms with van der Waals surface area (Å²) >= 11 is 0. The van der Waals surface area contributed by atoms with Crippen molar-refractivity contribution >= 4 is 21.7 Å². The fraction of sp³-hybridized carbons (Fsp3) is 0.250. The lowest BCUT2D eigenvalue weighted by molar-refractivity contribution is 0.301. The zero-order valence-electron chi connectivity index (χ0n) is 15.5. The maximum absolute atomic E-state index is 6.01. The van der Waals surface area contributed by atoms with Crippen molar-refractivity contribution in [3.05, 3.63) is 78.5 Å². The van der Waals surface area contributed by atoms with Crippen LogP contribution in [0.5, 0.6) is 5.75 Å². The second kappa shape index (κ2) is 7.25. The molecule has 1 unspecified atom stereocenters. The molecule has 0 saturated carbocycles. The highest BCUT2D eigenvalue weighted by atomic mass is 16.5. The fourth-order valence-electron chi connectivity index (χ4n) is 3.47. The van der Waals surface area contributed by atoms with E-state index in [0.29, 0.717) is 12.5 Å². The highest BCUT2D eigenvalue weighted by molar-refractivity contribution is 5.84. The number of nitrogens with zero attached hydrogens (tertiary/aromatic N) is 1. The molecule has 1 aromatic heterocycles. The van der Waals surface area contributed by atoms with E-state index in [1.165, 1.54) is 33.7 Å². The van der Waals surface area contributed by atoms with Gasteiger partial charge in [0.2, 0.25) is 0 Å². The van der Waals surface area contributed by atoms with Crippen LogP contribution in [0, 0.1) is 0 Å². The number of aromatic nitrogens is 1. The molecule has 0 amide bonds. The summed E-state index contributed by atoms with van der Waals surface area (Å²) in [7, 11) is 0. The van der Waals surface area contributed by atoms with E-state index in [0.717, 1.165) is 12.3 Å². The van der Waals surface area contributed by atoms with Crippen LogP contribution in [0.3, 0.4) is 0 Å². The third-order valence-corrected chi connectivity index (χ3v) is 5.30. The lowest BCUT2D eigenvalue weighted by Gasteiger charge is -2.12. The van der Waals surface area contributed by atoms with E-state index in [1.807, 2.05) is 0 Å². The minimum Gasteiger partial charge on any atom is -0.492 e. The highest BCUT2D eigenvalue weighted by Crippen LogP contribution is 2.26. The Balaban J connectivity index is 1.45. The quantitative estimate of drug-likeness (QED) is 0.396. The summed E-state index contributed by atoms with van der Waals surface area (Å²) in [6, 6.07) is 23.8. The predicted octanol–water partition coefficient (Wildman–Crippen LogP) is 6.39. The number of fused-ring (bicyclic) bond motifs is 2. The summed E-state index contributed by atoms with van der Waals surface area (Å²) in [5.41, 5.74) is 2.67. The molecule has 0 fully saturated rings. The second-order valence-corrected chi connectivity index (χ2v) is 6.99. The molecular weight excluding hydrogens is 318 g/mol. The van der Waals surface area contributed by atoms with Crippen LogP contribution in [0.1, 0.15) is 31.7 Å². The van der Waals surface area contributed by atoms with Crippen molar-refractivity contribution in [3.8, 4) is 5.75 Å². The molecule has 0 aliphatic rings. The molecule has 3 aromatic carbocycles. The Morgan fingerprint density at radius 3 is 2.58 bits per heavy atom. The first-order valence-electron chi connectivity index (χ1n) is 9.45. The van der Waals surface area contributed by atoms with E-state index >= 15 is 0 Å². The standard InChI is InChI=1S/C24H25NO/c1-3-18(2)20-8-9-22-17-23(11-10-21(22)16-20)26-15-14-25-13-12-19-6-4-5-7-24(19)25/h4-13,16-18H,3,14-15H2,1-2H3. The monoisotopic (exact) mass is 343 g/mol. The number of para-hydroxylation sites is 1. The van der Waals surface area contributed by atoms with Crippen LogP contribution in [-0.4, -0.2) is 11.2 Å². The molecule has 2 nitrogen and oxygen atoms in total. The molecular formula is C24H25NO. The van der Waals surface area contributed by atoms with Gasteiger partial charge >= 0.3 is 0 Å². The minimum absolute atomic E-state index is 0.603. The van der Waals surface area contributed by atoms with E-state index in [4.69, 9.17) is 4.74 Å². The SMILES string of the molecule is CCC(C)c1ccc2cc(OCCn3ccc4ccccc43)ccc2c1. The molecule has 0 aliphatic heterocycles. The molecule has 0 radical (unpaired) electrons. The van der Waals surface area contributed by atoms with Crippen LogP contribution in [0.4, 0.5) is 0 Å². The third kappa shape index (κ3) is 3.32. The number of ether oxygens (including phenoxy) is 1. The van der Waals surface area contributed by atoms with Gasteiger partial charge in [0.25, 0.3) is 0 Å². The molecule has 0 aliphatic carbocycles. The van der Waals surface area contributed by atoms with E-state index in [9.17, 15) is 0 Å². The van der Waals surface area contributed by atoms with Gasteiger partial charge in [-0.15, -0.1) is 0 Å². The zero-order valence-corrected chi connectivity index (χ0v) is 15.5. The second-order valence-electron chi connectivity index (χ2n) is 6.99. The molecule has 1 heterocycles. The summed E-state index contributed by atoms with van der Waals surface area (Å²) in [4.78, 5) is 0. The van der Waals surface area contributed by atoms with E-state index in [1.54, 1.807) is 0 Å². The van der Waals surface area contributed by atoms with E-state index in [-0.39, 0.29) is 0 Å². The Morgan fingerprint density at radius 1 is 0.885 bits per heavy atom. The van der Waals surface area contributed by atoms with Gasteiger partial charge in [0.15, 0.2) is 0 Å². The van der Waals surface area contributed by atoms with Crippen molar-refractivity contribution in [2.45, 2.75) is 32.7 Å². The number of hydrogen-bond acceptors (Lipinski definition) is 1. The van der Waals surface area contributed by atoms with Gasteiger partial charge in [-0.25, -0.2) is 0 Å². The highest BCUT2D eigenvalue weighted by Gasteiger charge is 2.05.